The number of aryl methyl sites for hydroxylation is 2. The number of carbonyl (C=O) groups excluding carboxylic acids is 2. The molecule has 4 bridgehead atoms. The predicted octanol–water partition coefficient (Wildman–Crippen LogP) is 6.83. The molecule has 0 radical (unpaired) electrons. The Morgan fingerprint density at radius 1 is 1.00 bits per heavy atom. The van der Waals surface area contributed by atoms with Crippen LogP contribution in [0.15, 0.2) is 64.6 Å². The minimum atomic E-state index is -1.21. The van der Waals surface area contributed by atoms with E-state index in [-0.39, 0.29) is 26.1 Å². The molecular weight excluding hydrogens is 552 g/mol. The van der Waals surface area contributed by atoms with E-state index in [9.17, 15) is 14.7 Å². The average Bonchev–Trinajstić information content (AvgIpc) is 3.57. The third-order valence-electron chi connectivity index (χ3n) is 10.4. The maximum Gasteiger partial charge on any atom is 0.334 e. The number of esters is 2. The Labute approximate surface area is 258 Å². The Kier molecular flexibility index (Phi) is 7.62. The first-order valence-electron chi connectivity index (χ1n) is 16.1. The van der Waals surface area contributed by atoms with Crippen LogP contribution in [-0.2, 0) is 25.5 Å². The predicted molar refractivity (Wildman–Crippen MR) is 166 cm³/mol. The molecular formula is C38H40O6. The van der Waals surface area contributed by atoms with Gasteiger partial charge in [0.05, 0.1) is 13.0 Å². The summed E-state index contributed by atoms with van der Waals surface area (Å²) in [6, 6.07) is 15.8. The maximum absolute atomic E-state index is 12.8. The van der Waals surface area contributed by atoms with Gasteiger partial charge in [-0.1, -0.05) is 35.6 Å². The molecule has 6 heteroatoms. The van der Waals surface area contributed by atoms with Gasteiger partial charge >= 0.3 is 11.9 Å². The fraction of sp³-hybridized carbons (Fsp3) is 0.474. The van der Waals surface area contributed by atoms with Gasteiger partial charge in [-0.25, -0.2) is 4.79 Å². The molecule has 2 aromatic carbocycles. The molecule has 44 heavy (non-hydrogen) atoms. The molecule has 1 N–H and O–H groups in total. The van der Waals surface area contributed by atoms with Gasteiger partial charge in [0, 0.05) is 34.9 Å². The number of fused-ring (bicyclic) bond motifs is 1. The molecule has 4 saturated carbocycles. The number of ether oxygens (including phenoxy) is 2. The van der Waals surface area contributed by atoms with Crippen LogP contribution in [0.1, 0.15) is 80.2 Å². The van der Waals surface area contributed by atoms with Crippen molar-refractivity contribution < 1.29 is 28.6 Å². The van der Waals surface area contributed by atoms with E-state index in [1.54, 1.807) is 0 Å². The lowest BCUT2D eigenvalue weighted by molar-refractivity contribution is -0.166. The minimum Gasteiger partial charge on any atom is -0.461 e. The van der Waals surface area contributed by atoms with Crippen molar-refractivity contribution in [1.82, 2.24) is 0 Å². The Hall–Kier alpha value is -3.82. The fourth-order valence-electron chi connectivity index (χ4n) is 8.56. The maximum atomic E-state index is 12.8. The van der Waals surface area contributed by atoms with Crippen LogP contribution in [0.4, 0.5) is 0 Å². The number of benzene rings is 2. The van der Waals surface area contributed by atoms with Crippen molar-refractivity contribution >= 4 is 22.9 Å². The monoisotopic (exact) mass is 592 g/mol. The molecule has 0 amide bonds. The van der Waals surface area contributed by atoms with E-state index in [2.05, 4.69) is 24.8 Å². The van der Waals surface area contributed by atoms with Crippen LogP contribution in [0.5, 0.6) is 0 Å². The number of hydrogen-bond acceptors (Lipinski definition) is 6. The molecule has 1 aliphatic heterocycles. The zero-order chi connectivity index (χ0) is 30.3. The molecule has 8 rings (SSSR count). The average molecular weight is 593 g/mol. The van der Waals surface area contributed by atoms with Gasteiger partial charge < -0.3 is 19.0 Å². The van der Waals surface area contributed by atoms with Crippen molar-refractivity contribution in [2.24, 2.45) is 23.2 Å². The van der Waals surface area contributed by atoms with Gasteiger partial charge in [-0.2, -0.15) is 0 Å². The van der Waals surface area contributed by atoms with Gasteiger partial charge in [-0.05, 0) is 111 Å². The Bertz CT molecular complexity index is 1630. The van der Waals surface area contributed by atoms with E-state index in [4.69, 9.17) is 13.9 Å². The highest BCUT2D eigenvalue weighted by Crippen LogP contribution is 2.61. The summed E-state index contributed by atoms with van der Waals surface area (Å²) < 4.78 is 17.1. The van der Waals surface area contributed by atoms with E-state index >= 15 is 0 Å². The highest BCUT2D eigenvalue weighted by atomic mass is 16.6. The highest BCUT2D eigenvalue weighted by Gasteiger charge is 2.51. The quantitative estimate of drug-likeness (QED) is 0.175. The van der Waals surface area contributed by atoms with Crippen LogP contribution in [0, 0.1) is 41.9 Å². The van der Waals surface area contributed by atoms with Crippen LogP contribution < -0.4 is 0 Å². The van der Waals surface area contributed by atoms with E-state index in [0.717, 1.165) is 46.3 Å². The van der Waals surface area contributed by atoms with Crippen LogP contribution >= 0.6 is 0 Å². The summed E-state index contributed by atoms with van der Waals surface area (Å²) in [6.07, 6.45) is 11.7. The number of carbonyl (C=O) groups is 2. The second kappa shape index (κ2) is 11.6. The number of aliphatic hydroxyl groups is 1. The van der Waals surface area contributed by atoms with E-state index in [1.807, 2.05) is 48.5 Å². The Balaban J connectivity index is 0.922. The van der Waals surface area contributed by atoms with Gasteiger partial charge in [0.25, 0.3) is 0 Å². The van der Waals surface area contributed by atoms with Crippen LogP contribution in [0.3, 0.4) is 0 Å². The second-order valence-electron chi connectivity index (χ2n) is 14.0. The molecule has 3 aromatic rings. The zero-order valence-electron chi connectivity index (χ0n) is 25.4. The zero-order valence-corrected chi connectivity index (χ0v) is 25.4. The van der Waals surface area contributed by atoms with Crippen molar-refractivity contribution in [2.75, 3.05) is 13.2 Å². The fourth-order valence-corrected chi connectivity index (χ4v) is 8.56. The molecule has 4 aliphatic carbocycles. The first kappa shape index (κ1) is 28.9. The topological polar surface area (TPSA) is 86.0 Å². The van der Waals surface area contributed by atoms with Gasteiger partial charge in [0.1, 0.15) is 18.0 Å². The smallest absolute Gasteiger partial charge is 0.334 e. The summed E-state index contributed by atoms with van der Waals surface area (Å²) in [6.45, 7) is 1.50. The Morgan fingerprint density at radius 2 is 1.68 bits per heavy atom. The molecule has 1 saturated heterocycles. The molecule has 1 atom stereocenters. The Morgan fingerprint density at radius 3 is 2.39 bits per heavy atom. The van der Waals surface area contributed by atoms with Gasteiger partial charge in [-0.3, -0.25) is 4.79 Å². The van der Waals surface area contributed by atoms with Crippen molar-refractivity contribution in [3.05, 3.63) is 82.6 Å². The van der Waals surface area contributed by atoms with E-state index < -0.39 is 17.5 Å². The molecule has 6 nitrogen and oxygen atoms in total. The van der Waals surface area contributed by atoms with Crippen LogP contribution in [0.25, 0.3) is 11.0 Å². The van der Waals surface area contributed by atoms with Gasteiger partial charge in [-0.15, -0.1) is 0 Å². The van der Waals surface area contributed by atoms with E-state index in [0.29, 0.717) is 23.2 Å². The van der Waals surface area contributed by atoms with E-state index in [1.165, 1.54) is 44.1 Å². The molecule has 0 unspecified atom stereocenters. The third-order valence-corrected chi connectivity index (χ3v) is 10.4. The summed E-state index contributed by atoms with van der Waals surface area (Å²) in [4.78, 5) is 25.5. The second-order valence-corrected chi connectivity index (χ2v) is 14.0. The largest absolute Gasteiger partial charge is 0.461 e. The standard InChI is InChI=1S/C38H40O6/c1-25-2-4-26(5-3-25)6-7-27-8-10-34-32(17-27)18-33(43-34)9-11-35(40)42-24-38(23-39)22-31(36(41)44-38)12-13-37-19-28-14-29(20-37)16-30(15-28)21-37/h2-5,8,10,12,17-18,28-30,39H,9,11,13-16,19-24H2,1H3/b31-12+/t28?,29?,30?,37?,38-/m1/s1. The number of furan rings is 1. The lowest BCUT2D eigenvalue weighted by Gasteiger charge is -2.56. The van der Waals surface area contributed by atoms with Crippen molar-refractivity contribution in [2.45, 2.75) is 76.7 Å². The summed E-state index contributed by atoms with van der Waals surface area (Å²) in [5, 5.41) is 11.1. The normalized spacial score (nSPS) is 29.5. The van der Waals surface area contributed by atoms with Crippen molar-refractivity contribution in [3.63, 3.8) is 0 Å². The molecule has 1 aromatic heterocycles. The first-order chi connectivity index (χ1) is 21.3. The number of rotatable bonds is 8. The van der Waals surface area contributed by atoms with Gasteiger partial charge in [0.2, 0.25) is 0 Å². The summed E-state index contributed by atoms with van der Waals surface area (Å²) in [7, 11) is 0. The number of cyclic esters (lactones) is 1. The summed E-state index contributed by atoms with van der Waals surface area (Å²) in [5.41, 5.74) is 3.50. The molecule has 5 aliphatic rings. The number of allylic oxidation sites excluding steroid dienone is 1. The summed E-state index contributed by atoms with van der Waals surface area (Å²) in [5.74, 6) is 8.81. The van der Waals surface area contributed by atoms with Crippen molar-refractivity contribution in [1.29, 1.82) is 0 Å². The first-order valence-corrected chi connectivity index (χ1v) is 16.1. The minimum absolute atomic E-state index is 0.115. The number of aliphatic hydroxyl groups excluding tert-OH is 1. The lowest BCUT2D eigenvalue weighted by atomic mass is 9.49. The van der Waals surface area contributed by atoms with Crippen LogP contribution in [-0.4, -0.2) is 35.9 Å². The third kappa shape index (κ3) is 6.08. The SMILES string of the molecule is Cc1ccc(C#Cc2ccc3oc(CCC(=O)OC[C@]4(CO)C/C(=C\CC56CC7CC(CC(C7)C5)C6)C(=O)O4)cc3c2)cc1. The number of hydrogen-bond donors (Lipinski definition) is 1. The molecule has 0 spiro atoms. The van der Waals surface area contributed by atoms with Crippen LogP contribution in [0.2, 0.25) is 0 Å². The highest BCUT2D eigenvalue weighted by molar-refractivity contribution is 5.91. The summed E-state index contributed by atoms with van der Waals surface area (Å²) >= 11 is 0. The molecule has 5 fully saturated rings. The molecule has 228 valence electrons. The van der Waals surface area contributed by atoms with Gasteiger partial charge in [0.15, 0.2) is 5.60 Å². The molecule has 2 heterocycles. The lowest BCUT2D eigenvalue weighted by Crippen LogP contribution is -2.45. The van der Waals surface area contributed by atoms with Crippen molar-refractivity contribution in [3.8, 4) is 11.8 Å².